The van der Waals surface area contributed by atoms with E-state index in [2.05, 4.69) is 21.7 Å². The number of hydrogen-bond donors (Lipinski definition) is 2. The van der Waals surface area contributed by atoms with E-state index < -0.39 is 0 Å². The molecule has 0 saturated carbocycles. The van der Waals surface area contributed by atoms with Gasteiger partial charge in [0.1, 0.15) is 5.82 Å². The molecular formula is C15H21N3S. The number of aromatic nitrogens is 1. The molecule has 1 aromatic heterocycles. The van der Waals surface area contributed by atoms with Gasteiger partial charge in [-0.05, 0) is 63.4 Å². The van der Waals surface area contributed by atoms with E-state index in [1.165, 1.54) is 25.7 Å². The molecule has 0 unspecified atom stereocenters. The van der Waals surface area contributed by atoms with Crippen LogP contribution in [0.3, 0.4) is 0 Å². The van der Waals surface area contributed by atoms with Crippen molar-refractivity contribution < 1.29 is 0 Å². The fraction of sp³-hybridized carbons (Fsp3) is 0.467. The van der Waals surface area contributed by atoms with Gasteiger partial charge < -0.3 is 10.6 Å². The van der Waals surface area contributed by atoms with Crippen molar-refractivity contribution in [2.45, 2.75) is 39.0 Å². The van der Waals surface area contributed by atoms with Gasteiger partial charge in [0.15, 0.2) is 5.11 Å². The van der Waals surface area contributed by atoms with Crippen LogP contribution in [-0.4, -0.2) is 16.6 Å². The molecule has 2 rings (SSSR count). The Morgan fingerprint density at radius 1 is 1.37 bits per heavy atom. The molecule has 19 heavy (non-hydrogen) atoms. The Morgan fingerprint density at radius 3 is 3.00 bits per heavy atom. The third kappa shape index (κ3) is 4.99. The van der Waals surface area contributed by atoms with Crippen molar-refractivity contribution >= 4 is 23.1 Å². The highest BCUT2D eigenvalue weighted by molar-refractivity contribution is 7.80. The van der Waals surface area contributed by atoms with Crippen molar-refractivity contribution in [3.63, 3.8) is 0 Å². The maximum atomic E-state index is 5.26. The van der Waals surface area contributed by atoms with Crippen LogP contribution in [0.1, 0.15) is 37.8 Å². The normalized spacial score (nSPS) is 14.7. The summed E-state index contributed by atoms with van der Waals surface area (Å²) in [7, 11) is 0. The van der Waals surface area contributed by atoms with Crippen LogP contribution in [0.2, 0.25) is 0 Å². The van der Waals surface area contributed by atoms with Crippen LogP contribution in [0.25, 0.3) is 0 Å². The summed E-state index contributed by atoms with van der Waals surface area (Å²) < 4.78 is 0. The lowest BCUT2D eigenvalue weighted by Gasteiger charge is -2.14. The van der Waals surface area contributed by atoms with E-state index in [1.54, 1.807) is 5.57 Å². The largest absolute Gasteiger partial charge is 0.362 e. The maximum absolute atomic E-state index is 5.26. The highest BCUT2D eigenvalue weighted by Crippen LogP contribution is 2.19. The van der Waals surface area contributed by atoms with Gasteiger partial charge in [-0.1, -0.05) is 17.7 Å². The zero-order valence-corrected chi connectivity index (χ0v) is 12.2. The number of thiocarbonyl (C=S) groups is 1. The van der Waals surface area contributed by atoms with Crippen LogP contribution in [0.4, 0.5) is 5.82 Å². The standard InChI is InChI=1S/C15H21N3S/c1-12-6-5-9-14(17-12)18-15(19)16-11-10-13-7-3-2-4-8-13/h5-7,9H,2-4,8,10-11H2,1H3,(H2,16,17,18,19). The first kappa shape index (κ1) is 14.0. The highest BCUT2D eigenvalue weighted by Gasteiger charge is 2.04. The number of anilines is 1. The van der Waals surface area contributed by atoms with Crippen molar-refractivity contribution in [1.29, 1.82) is 0 Å². The van der Waals surface area contributed by atoms with E-state index in [9.17, 15) is 0 Å². The van der Waals surface area contributed by atoms with E-state index >= 15 is 0 Å². The average molecular weight is 275 g/mol. The molecule has 4 heteroatoms. The smallest absolute Gasteiger partial charge is 0.171 e. The first-order valence-electron chi connectivity index (χ1n) is 6.90. The van der Waals surface area contributed by atoms with Crippen LogP contribution in [0, 0.1) is 6.92 Å². The van der Waals surface area contributed by atoms with Gasteiger partial charge in [-0.3, -0.25) is 0 Å². The van der Waals surface area contributed by atoms with E-state index in [4.69, 9.17) is 12.2 Å². The summed E-state index contributed by atoms with van der Waals surface area (Å²) in [4.78, 5) is 4.36. The van der Waals surface area contributed by atoms with Gasteiger partial charge in [-0.15, -0.1) is 0 Å². The Balaban J connectivity index is 1.71. The second-order valence-electron chi connectivity index (χ2n) is 4.90. The second-order valence-corrected chi connectivity index (χ2v) is 5.31. The fourth-order valence-corrected chi connectivity index (χ4v) is 2.45. The number of rotatable bonds is 4. The predicted octanol–water partition coefficient (Wildman–Crippen LogP) is 3.57. The Morgan fingerprint density at radius 2 is 2.26 bits per heavy atom. The minimum Gasteiger partial charge on any atom is -0.362 e. The van der Waals surface area contributed by atoms with Crippen LogP contribution in [0.5, 0.6) is 0 Å². The third-order valence-electron chi connectivity index (χ3n) is 3.25. The van der Waals surface area contributed by atoms with Gasteiger partial charge in [0.2, 0.25) is 0 Å². The molecule has 0 bridgehead atoms. The van der Waals surface area contributed by atoms with E-state index in [0.717, 1.165) is 24.5 Å². The number of pyridine rings is 1. The molecule has 2 N–H and O–H groups in total. The van der Waals surface area contributed by atoms with Crippen molar-refractivity contribution in [1.82, 2.24) is 10.3 Å². The van der Waals surface area contributed by atoms with Gasteiger partial charge in [0.05, 0.1) is 0 Å². The zero-order valence-electron chi connectivity index (χ0n) is 11.4. The third-order valence-corrected chi connectivity index (χ3v) is 3.49. The van der Waals surface area contributed by atoms with Crippen LogP contribution in [0.15, 0.2) is 29.8 Å². The quantitative estimate of drug-likeness (QED) is 0.650. The van der Waals surface area contributed by atoms with Crippen LogP contribution in [-0.2, 0) is 0 Å². The fourth-order valence-electron chi connectivity index (χ4n) is 2.24. The molecule has 3 nitrogen and oxygen atoms in total. The molecule has 0 fully saturated rings. The summed E-state index contributed by atoms with van der Waals surface area (Å²) in [5.41, 5.74) is 2.55. The summed E-state index contributed by atoms with van der Waals surface area (Å²) in [6.45, 7) is 2.86. The van der Waals surface area contributed by atoms with Gasteiger partial charge in [0.25, 0.3) is 0 Å². The molecule has 1 heterocycles. The molecule has 0 spiro atoms. The summed E-state index contributed by atoms with van der Waals surface area (Å²) in [5.74, 6) is 0.800. The topological polar surface area (TPSA) is 37.0 Å². The van der Waals surface area contributed by atoms with E-state index in [0.29, 0.717) is 5.11 Å². The van der Waals surface area contributed by atoms with Gasteiger partial charge in [-0.25, -0.2) is 4.98 Å². The first-order valence-corrected chi connectivity index (χ1v) is 7.31. The molecule has 102 valence electrons. The summed E-state index contributed by atoms with van der Waals surface area (Å²) in [6.07, 6.45) is 8.64. The Labute approximate surface area is 120 Å². The molecule has 1 aliphatic rings. The monoisotopic (exact) mass is 275 g/mol. The van der Waals surface area contributed by atoms with Gasteiger partial charge >= 0.3 is 0 Å². The molecule has 0 saturated heterocycles. The minimum absolute atomic E-state index is 0.648. The predicted molar refractivity (Wildman–Crippen MR) is 84.4 cm³/mol. The van der Waals surface area contributed by atoms with Crippen LogP contribution >= 0.6 is 12.2 Å². The lowest BCUT2D eigenvalue weighted by atomic mass is 9.97. The number of nitrogens with zero attached hydrogens (tertiary/aromatic N) is 1. The minimum atomic E-state index is 0.648. The average Bonchev–Trinajstić information content (AvgIpc) is 2.40. The molecule has 1 aliphatic carbocycles. The highest BCUT2D eigenvalue weighted by atomic mass is 32.1. The van der Waals surface area contributed by atoms with Crippen molar-refractivity contribution in [2.24, 2.45) is 0 Å². The van der Waals surface area contributed by atoms with E-state index in [1.807, 2.05) is 25.1 Å². The number of hydrogen-bond acceptors (Lipinski definition) is 2. The van der Waals surface area contributed by atoms with Crippen molar-refractivity contribution in [3.8, 4) is 0 Å². The van der Waals surface area contributed by atoms with Crippen molar-refractivity contribution in [2.75, 3.05) is 11.9 Å². The molecule has 0 aliphatic heterocycles. The summed E-state index contributed by atoms with van der Waals surface area (Å²) in [6, 6.07) is 5.86. The molecule has 1 aromatic rings. The van der Waals surface area contributed by atoms with Crippen LogP contribution < -0.4 is 10.6 Å². The Kier molecular flexibility index (Phi) is 5.33. The van der Waals surface area contributed by atoms with Gasteiger partial charge in [-0.2, -0.15) is 0 Å². The molecule has 0 radical (unpaired) electrons. The van der Waals surface area contributed by atoms with Gasteiger partial charge in [0, 0.05) is 12.2 Å². The lowest BCUT2D eigenvalue weighted by Crippen LogP contribution is -2.29. The zero-order chi connectivity index (χ0) is 13.5. The molecular weight excluding hydrogens is 254 g/mol. The first-order chi connectivity index (χ1) is 9.24. The number of allylic oxidation sites excluding steroid dienone is 1. The Hall–Kier alpha value is -1.42. The SMILES string of the molecule is Cc1cccc(NC(=S)NCCC2=CCCCC2)n1. The second kappa shape index (κ2) is 7.24. The summed E-state index contributed by atoms with van der Waals surface area (Å²) in [5, 5.41) is 7.00. The lowest BCUT2D eigenvalue weighted by molar-refractivity contribution is 0.669. The Bertz CT molecular complexity index is 468. The molecule has 0 atom stereocenters. The maximum Gasteiger partial charge on any atom is 0.171 e. The molecule has 0 amide bonds. The number of aryl methyl sites for hydroxylation is 1. The van der Waals surface area contributed by atoms with E-state index in [-0.39, 0.29) is 0 Å². The van der Waals surface area contributed by atoms with Crippen molar-refractivity contribution in [3.05, 3.63) is 35.5 Å². The molecule has 0 aromatic carbocycles. The summed E-state index contributed by atoms with van der Waals surface area (Å²) >= 11 is 5.26. The number of nitrogens with one attached hydrogen (secondary N) is 2.